The number of hydrogen-bond acceptors (Lipinski definition) is 3. The van der Waals surface area contributed by atoms with Gasteiger partial charge < -0.3 is 10.4 Å². The number of nitrogens with one attached hydrogen (secondary N) is 2. The van der Waals surface area contributed by atoms with E-state index in [0.29, 0.717) is 24.0 Å². The van der Waals surface area contributed by atoms with Gasteiger partial charge in [-0.2, -0.15) is 5.10 Å². The standard InChI is InChI=1S/C12H15N3O3/c16-11(9-1-2-13-15-9)14-10-5-6-3-7(12(17)18)4-8(6)10/h1-2,6-8,10H,3-5H2,(H,13,15)(H,14,16)(H,17,18)/t6-,7?,8-,10+/m1/s1. The summed E-state index contributed by atoms with van der Waals surface area (Å²) < 4.78 is 0. The molecule has 1 unspecified atom stereocenters. The number of carboxylic acid groups (broad SMARTS) is 1. The van der Waals surface area contributed by atoms with E-state index >= 15 is 0 Å². The second kappa shape index (κ2) is 4.12. The van der Waals surface area contributed by atoms with Crippen LogP contribution in [0.3, 0.4) is 0 Å². The van der Waals surface area contributed by atoms with Crippen LogP contribution in [0.25, 0.3) is 0 Å². The molecule has 4 atom stereocenters. The highest BCUT2D eigenvalue weighted by Crippen LogP contribution is 2.49. The maximum absolute atomic E-state index is 11.8. The summed E-state index contributed by atoms with van der Waals surface area (Å²) >= 11 is 0. The lowest BCUT2D eigenvalue weighted by Crippen LogP contribution is -2.50. The summed E-state index contributed by atoms with van der Waals surface area (Å²) in [5, 5.41) is 18.3. The lowest BCUT2D eigenvalue weighted by atomic mass is 9.71. The molecule has 2 fully saturated rings. The van der Waals surface area contributed by atoms with Crippen molar-refractivity contribution in [1.82, 2.24) is 15.5 Å². The van der Waals surface area contributed by atoms with Gasteiger partial charge in [0.25, 0.3) is 5.91 Å². The van der Waals surface area contributed by atoms with E-state index in [9.17, 15) is 9.59 Å². The number of carbonyl (C=O) groups excluding carboxylic acids is 1. The summed E-state index contributed by atoms with van der Waals surface area (Å²) in [6.07, 6.45) is 3.88. The highest BCUT2D eigenvalue weighted by molar-refractivity contribution is 5.92. The van der Waals surface area contributed by atoms with Crippen LogP contribution in [0.5, 0.6) is 0 Å². The maximum atomic E-state index is 11.8. The van der Waals surface area contributed by atoms with E-state index in [1.165, 1.54) is 6.20 Å². The molecule has 3 N–H and O–H groups in total. The molecule has 0 saturated heterocycles. The summed E-state index contributed by atoms with van der Waals surface area (Å²) in [5.41, 5.74) is 0.450. The van der Waals surface area contributed by atoms with Crippen LogP contribution < -0.4 is 5.32 Å². The molecule has 0 bridgehead atoms. The summed E-state index contributed by atoms with van der Waals surface area (Å²) in [6, 6.07) is 1.75. The smallest absolute Gasteiger partial charge is 0.306 e. The van der Waals surface area contributed by atoms with E-state index in [1.54, 1.807) is 6.07 Å². The monoisotopic (exact) mass is 249 g/mol. The Morgan fingerprint density at radius 2 is 2.22 bits per heavy atom. The molecule has 0 radical (unpaired) electrons. The fraction of sp³-hybridized carbons (Fsp3) is 0.583. The zero-order valence-corrected chi connectivity index (χ0v) is 9.80. The lowest BCUT2D eigenvalue weighted by Gasteiger charge is -2.40. The third kappa shape index (κ3) is 1.77. The lowest BCUT2D eigenvalue weighted by molar-refractivity contribution is -0.141. The Labute approximate surface area is 104 Å². The largest absolute Gasteiger partial charge is 0.481 e. The Hall–Kier alpha value is -1.85. The van der Waals surface area contributed by atoms with Gasteiger partial charge in [-0.05, 0) is 37.2 Å². The topological polar surface area (TPSA) is 95.1 Å². The second-order valence-corrected chi connectivity index (χ2v) is 5.22. The second-order valence-electron chi connectivity index (χ2n) is 5.22. The van der Waals surface area contributed by atoms with Gasteiger partial charge >= 0.3 is 5.97 Å². The first kappa shape index (κ1) is 11.3. The molecule has 0 aliphatic heterocycles. The minimum atomic E-state index is -0.706. The number of H-pyrrole nitrogens is 1. The maximum Gasteiger partial charge on any atom is 0.306 e. The zero-order valence-electron chi connectivity index (χ0n) is 9.80. The van der Waals surface area contributed by atoms with Crippen molar-refractivity contribution in [1.29, 1.82) is 0 Å². The molecule has 1 heterocycles. The van der Waals surface area contributed by atoms with Crippen LogP contribution in [0.4, 0.5) is 0 Å². The van der Waals surface area contributed by atoms with Gasteiger partial charge in [-0.1, -0.05) is 0 Å². The number of aromatic amines is 1. The Morgan fingerprint density at radius 3 is 2.89 bits per heavy atom. The SMILES string of the molecule is O=C(N[C@H]1C[C@H]2CC(C(=O)O)C[C@H]21)c1ccn[nH]1. The summed E-state index contributed by atoms with van der Waals surface area (Å²) in [4.78, 5) is 22.7. The van der Waals surface area contributed by atoms with Crippen molar-refractivity contribution in [2.24, 2.45) is 17.8 Å². The molecule has 1 aromatic heterocycles. The molecule has 2 aliphatic carbocycles. The summed E-state index contributed by atoms with van der Waals surface area (Å²) in [5.74, 6) is -0.289. The quantitative estimate of drug-likeness (QED) is 0.732. The molecule has 0 aromatic carbocycles. The van der Waals surface area contributed by atoms with Gasteiger partial charge in [0, 0.05) is 12.2 Å². The molecular weight excluding hydrogens is 234 g/mol. The van der Waals surface area contributed by atoms with Gasteiger partial charge in [-0.3, -0.25) is 14.7 Å². The number of carbonyl (C=O) groups is 2. The molecule has 2 saturated carbocycles. The minimum absolute atomic E-state index is 0.121. The van der Waals surface area contributed by atoms with Gasteiger partial charge in [-0.15, -0.1) is 0 Å². The molecular formula is C12H15N3O3. The van der Waals surface area contributed by atoms with Crippen molar-refractivity contribution >= 4 is 11.9 Å². The van der Waals surface area contributed by atoms with Gasteiger partial charge in [0.2, 0.25) is 0 Å². The number of hydrogen-bond donors (Lipinski definition) is 3. The number of carboxylic acids is 1. The number of rotatable bonds is 3. The van der Waals surface area contributed by atoms with E-state index in [0.717, 1.165) is 12.8 Å². The number of fused-ring (bicyclic) bond motifs is 1. The van der Waals surface area contributed by atoms with Gasteiger partial charge in [0.05, 0.1) is 5.92 Å². The zero-order chi connectivity index (χ0) is 12.7. The normalized spacial score (nSPS) is 33.6. The molecule has 1 amide bonds. The molecule has 0 spiro atoms. The Kier molecular flexibility index (Phi) is 2.57. The van der Waals surface area contributed by atoms with Crippen LogP contribution in [-0.4, -0.2) is 33.2 Å². The third-order valence-electron chi connectivity index (χ3n) is 4.23. The van der Waals surface area contributed by atoms with Gasteiger partial charge in [-0.25, -0.2) is 0 Å². The Balaban J connectivity index is 1.58. The number of aromatic nitrogens is 2. The number of nitrogens with zero attached hydrogens (tertiary/aromatic N) is 1. The molecule has 6 heteroatoms. The van der Waals surface area contributed by atoms with E-state index < -0.39 is 5.97 Å². The first-order valence-corrected chi connectivity index (χ1v) is 6.18. The fourth-order valence-electron chi connectivity index (χ4n) is 3.22. The van der Waals surface area contributed by atoms with Crippen LogP contribution in [-0.2, 0) is 4.79 Å². The highest BCUT2D eigenvalue weighted by atomic mass is 16.4. The van der Waals surface area contributed by atoms with E-state index in [1.807, 2.05) is 0 Å². The van der Waals surface area contributed by atoms with Crippen molar-refractivity contribution in [3.8, 4) is 0 Å². The molecule has 96 valence electrons. The van der Waals surface area contributed by atoms with Crippen molar-refractivity contribution < 1.29 is 14.7 Å². The minimum Gasteiger partial charge on any atom is -0.481 e. The van der Waals surface area contributed by atoms with Crippen molar-refractivity contribution in [3.05, 3.63) is 18.0 Å². The molecule has 1 aromatic rings. The van der Waals surface area contributed by atoms with Crippen LogP contribution in [0.2, 0.25) is 0 Å². The van der Waals surface area contributed by atoms with Crippen molar-refractivity contribution in [2.45, 2.75) is 25.3 Å². The van der Waals surface area contributed by atoms with E-state index in [4.69, 9.17) is 5.11 Å². The third-order valence-corrected chi connectivity index (χ3v) is 4.23. The Bertz CT molecular complexity index is 471. The van der Waals surface area contributed by atoms with Crippen molar-refractivity contribution in [2.75, 3.05) is 0 Å². The van der Waals surface area contributed by atoms with Crippen LogP contribution in [0.1, 0.15) is 29.8 Å². The molecule has 6 nitrogen and oxygen atoms in total. The predicted octanol–water partition coefficient (Wildman–Crippen LogP) is 0.639. The van der Waals surface area contributed by atoms with E-state index in [2.05, 4.69) is 15.5 Å². The van der Waals surface area contributed by atoms with E-state index in [-0.39, 0.29) is 17.9 Å². The van der Waals surface area contributed by atoms with Gasteiger partial charge in [0.1, 0.15) is 5.69 Å². The van der Waals surface area contributed by atoms with Crippen LogP contribution in [0, 0.1) is 17.8 Å². The average molecular weight is 249 g/mol. The van der Waals surface area contributed by atoms with Crippen molar-refractivity contribution in [3.63, 3.8) is 0 Å². The van der Waals surface area contributed by atoms with Gasteiger partial charge in [0.15, 0.2) is 0 Å². The molecule has 3 rings (SSSR count). The average Bonchev–Trinajstić information content (AvgIpc) is 2.93. The summed E-state index contributed by atoms with van der Waals surface area (Å²) in [7, 11) is 0. The fourth-order valence-corrected chi connectivity index (χ4v) is 3.22. The highest BCUT2D eigenvalue weighted by Gasteiger charge is 2.49. The first-order valence-electron chi connectivity index (χ1n) is 6.18. The number of aliphatic carboxylic acids is 1. The summed E-state index contributed by atoms with van der Waals surface area (Å²) in [6.45, 7) is 0. The molecule has 18 heavy (non-hydrogen) atoms. The first-order chi connectivity index (χ1) is 8.65. The Morgan fingerprint density at radius 1 is 1.39 bits per heavy atom. The van der Waals surface area contributed by atoms with Crippen LogP contribution in [0.15, 0.2) is 12.3 Å². The van der Waals surface area contributed by atoms with Crippen LogP contribution >= 0.6 is 0 Å². The molecule has 2 aliphatic rings. The number of amides is 1. The predicted molar refractivity (Wildman–Crippen MR) is 61.8 cm³/mol.